The second-order valence-corrected chi connectivity index (χ2v) is 6.37. The van der Waals surface area contributed by atoms with Gasteiger partial charge in [-0.1, -0.05) is 43.2 Å². The molecule has 2 aliphatic rings. The molecule has 3 rings (SSSR count). The van der Waals surface area contributed by atoms with Gasteiger partial charge in [-0.25, -0.2) is 0 Å². The maximum Gasteiger partial charge on any atom is 0.311 e. The molecule has 1 amide bonds. The van der Waals surface area contributed by atoms with Crippen molar-refractivity contribution in [1.82, 2.24) is 5.32 Å². The van der Waals surface area contributed by atoms with Gasteiger partial charge in [0.05, 0.1) is 5.41 Å². The van der Waals surface area contributed by atoms with Crippen LogP contribution in [0.2, 0.25) is 0 Å². The van der Waals surface area contributed by atoms with Crippen molar-refractivity contribution in [3.05, 3.63) is 35.9 Å². The SMILES string of the molecule is O=C(NCC1(C(=O)O)CCCC1)C1CC1c1ccccc1. The minimum atomic E-state index is -0.768. The van der Waals surface area contributed by atoms with Crippen molar-refractivity contribution < 1.29 is 14.7 Å². The lowest BCUT2D eigenvalue weighted by Crippen LogP contribution is -2.41. The zero-order chi connectivity index (χ0) is 14.9. The van der Waals surface area contributed by atoms with E-state index in [9.17, 15) is 14.7 Å². The van der Waals surface area contributed by atoms with E-state index in [1.54, 1.807) is 0 Å². The molecule has 2 N–H and O–H groups in total. The average molecular weight is 287 g/mol. The summed E-state index contributed by atoms with van der Waals surface area (Å²) in [5.74, 6) is -0.442. The van der Waals surface area contributed by atoms with E-state index in [-0.39, 0.29) is 18.4 Å². The number of amides is 1. The summed E-state index contributed by atoms with van der Waals surface area (Å²) in [5, 5.41) is 12.3. The van der Waals surface area contributed by atoms with E-state index in [1.165, 1.54) is 5.56 Å². The second-order valence-electron chi connectivity index (χ2n) is 6.37. The van der Waals surface area contributed by atoms with Crippen molar-refractivity contribution in [2.75, 3.05) is 6.54 Å². The summed E-state index contributed by atoms with van der Waals surface area (Å²) in [6.07, 6.45) is 4.11. The monoisotopic (exact) mass is 287 g/mol. The van der Waals surface area contributed by atoms with Crippen LogP contribution in [0.3, 0.4) is 0 Å². The van der Waals surface area contributed by atoms with Gasteiger partial charge in [-0.2, -0.15) is 0 Å². The normalized spacial score (nSPS) is 26.3. The molecule has 4 heteroatoms. The van der Waals surface area contributed by atoms with Gasteiger partial charge in [0, 0.05) is 12.5 Å². The predicted molar refractivity (Wildman–Crippen MR) is 78.8 cm³/mol. The summed E-state index contributed by atoms with van der Waals surface area (Å²) < 4.78 is 0. The minimum absolute atomic E-state index is 0.0105. The Labute approximate surface area is 124 Å². The number of rotatable bonds is 5. The van der Waals surface area contributed by atoms with Gasteiger partial charge in [-0.05, 0) is 30.7 Å². The smallest absolute Gasteiger partial charge is 0.311 e. The average Bonchev–Trinajstić information content (AvgIpc) is 3.16. The number of benzene rings is 1. The third-order valence-electron chi connectivity index (χ3n) is 4.97. The van der Waals surface area contributed by atoms with E-state index in [1.807, 2.05) is 30.3 Å². The van der Waals surface area contributed by atoms with Crippen LogP contribution in [0.5, 0.6) is 0 Å². The van der Waals surface area contributed by atoms with Crippen molar-refractivity contribution in [2.45, 2.75) is 38.0 Å². The second kappa shape index (κ2) is 5.51. The van der Waals surface area contributed by atoms with Crippen LogP contribution in [0.1, 0.15) is 43.6 Å². The van der Waals surface area contributed by atoms with Gasteiger partial charge < -0.3 is 10.4 Å². The van der Waals surface area contributed by atoms with Crippen LogP contribution in [0, 0.1) is 11.3 Å². The first-order valence-corrected chi connectivity index (χ1v) is 7.68. The lowest BCUT2D eigenvalue weighted by Gasteiger charge is -2.24. The van der Waals surface area contributed by atoms with Crippen LogP contribution in [-0.2, 0) is 9.59 Å². The summed E-state index contributed by atoms with van der Waals surface area (Å²) in [6.45, 7) is 0.277. The highest BCUT2D eigenvalue weighted by atomic mass is 16.4. The molecule has 0 heterocycles. The molecule has 1 aromatic rings. The van der Waals surface area contributed by atoms with Crippen molar-refractivity contribution >= 4 is 11.9 Å². The zero-order valence-corrected chi connectivity index (χ0v) is 12.0. The van der Waals surface area contributed by atoms with Crippen LogP contribution >= 0.6 is 0 Å². The van der Waals surface area contributed by atoms with Crippen LogP contribution in [0.4, 0.5) is 0 Å². The standard InChI is InChI=1S/C17H21NO3/c19-15(14-10-13(14)12-6-2-1-3-7-12)18-11-17(16(20)21)8-4-5-9-17/h1-3,6-7,13-14H,4-5,8-11H2,(H,18,19)(H,20,21). The molecular formula is C17H21NO3. The summed E-state index contributed by atoms with van der Waals surface area (Å²) in [7, 11) is 0. The van der Waals surface area contributed by atoms with Gasteiger partial charge in [0.15, 0.2) is 0 Å². The molecule has 2 unspecified atom stereocenters. The summed E-state index contributed by atoms with van der Waals surface area (Å²) in [6, 6.07) is 10.0. The Morgan fingerprint density at radius 1 is 1.19 bits per heavy atom. The van der Waals surface area contributed by atoms with Crippen LogP contribution in [0.15, 0.2) is 30.3 Å². The third-order valence-corrected chi connectivity index (χ3v) is 4.97. The van der Waals surface area contributed by atoms with E-state index in [0.29, 0.717) is 18.8 Å². The van der Waals surface area contributed by atoms with E-state index < -0.39 is 11.4 Å². The molecule has 1 aromatic carbocycles. The number of carbonyl (C=O) groups excluding carboxylic acids is 1. The van der Waals surface area contributed by atoms with Crippen LogP contribution in [0.25, 0.3) is 0 Å². The fraction of sp³-hybridized carbons (Fsp3) is 0.529. The molecule has 2 atom stereocenters. The van der Waals surface area contributed by atoms with E-state index in [0.717, 1.165) is 19.3 Å². The lowest BCUT2D eigenvalue weighted by molar-refractivity contribution is -0.148. The number of carboxylic acid groups (broad SMARTS) is 1. The first-order chi connectivity index (χ1) is 10.1. The Balaban J connectivity index is 1.55. The van der Waals surface area contributed by atoms with Gasteiger partial charge in [0.25, 0.3) is 0 Å². The predicted octanol–water partition coefficient (Wildman–Crippen LogP) is 2.55. The first kappa shape index (κ1) is 14.1. The summed E-state index contributed by atoms with van der Waals surface area (Å²) >= 11 is 0. The molecule has 0 saturated heterocycles. The van der Waals surface area contributed by atoms with E-state index in [2.05, 4.69) is 5.32 Å². The van der Waals surface area contributed by atoms with Crippen molar-refractivity contribution in [3.63, 3.8) is 0 Å². The summed E-state index contributed by atoms with van der Waals surface area (Å²) in [4.78, 5) is 23.7. The largest absolute Gasteiger partial charge is 0.481 e. The van der Waals surface area contributed by atoms with Gasteiger partial charge in [0.2, 0.25) is 5.91 Å². The Hall–Kier alpha value is -1.84. The molecule has 2 aliphatic carbocycles. The van der Waals surface area contributed by atoms with Gasteiger partial charge >= 0.3 is 5.97 Å². The molecule has 0 aromatic heterocycles. The highest BCUT2D eigenvalue weighted by molar-refractivity contribution is 5.84. The maximum absolute atomic E-state index is 12.2. The molecule has 2 saturated carbocycles. The molecule has 0 radical (unpaired) electrons. The van der Waals surface area contributed by atoms with Crippen LogP contribution < -0.4 is 5.32 Å². The Kier molecular flexibility index (Phi) is 3.70. The summed E-state index contributed by atoms with van der Waals surface area (Å²) in [5.41, 5.74) is 0.471. The molecular weight excluding hydrogens is 266 g/mol. The topological polar surface area (TPSA) is 66.4 Å². The molecule has 2 fully saturated rings. The minimum Gasteiger partial charge on any atom is -0.481 e. The highest BCUT2D eigenvalue weighted by Gasteiger charge is 2.46. The Morgan fingerprint density at radius 2 is 1.86 bits per heavy atom. The molecule has 112 valence electrons. The molecule has 4 nitrogen and oxygen atoms in total. The van der Waals surface area contributed by atoms with Crippen molar-refractivity contribution in [1.29, 1.82) is 0 Å². The molecule has 0 spiro atoms. The van der Waals surface area contributed by atoms with Crippen molar-refractivity contribution in [2.24, 2.45) is 11.3 Å². The first-order valence-electron chi connectivity index (χ1n) is 7.68. The highest BCUT2D eigenvalue weighted by Crippen LogP contribution is 2.47. The lowest BCUT2D eigenvalue weighted by atomic mass is 9.86. The number of carbonyl (C=O) groups is 2. The van der Waals surface area contributed by atoms with Gasteiger partial charge in [-0.3, -0.25) is 9.59 Å². The van der Waals surface area contributed by atoms with Gasteiger partial charge in [0.1, 0.15) is 0 Å². The van der Waals surface area contributed by atoms with Crippen molar-refractivity contribution in [3.8, 4) is 0 Å². The molecule has 0 aliphatic heterocycles. The fourth-order valence-corrected chi connectivity index (χ4v) is 3.46. The number of hydrogen-bond acceptors (Lipinski definition) is 2. The van der Waals surface area contributed by atoms with Gasteiger partial charge in [-0.15, -0.1) is 0 Å². The number of nitrogens with one attached hydrogen (secondary N) is 1. The fourth-order valence-electron chi connectivity index (χ4n) is 3.46. The quantitative estimate of drug-likeness (QED) is 0.874. The maximum atomic E-state index is 12.2. The third kappa shape index (κ3) is 2.80. The van der Waals surface area contributed by atoms with E-state index in [4.69, 9.17) is 0 Å². The molecule has 0 bridgehead atoms. The number of aliphatic carboxylic acids is 1. The van der Waals surface area contributed by atoms with Crippen LogP contribution in [-0.4, -0.2) is 23.5 Å². The zero-order valence-electron chi connectivity index (χ0n) is 12.0. The Morgan fingerprint density at radius 3 is 2.48 bits per heavy atom. The Bertz CT molecular complexity index is 534. The number of hydrogen-bond donors (Lipinski definition) is 2. The molecule has 21 heavy (non-hydrogen) atoms. The number of carboxylic acids is 1. The van der Waals surface area contributed by atoms with E-state index >= 15 is 0 Å².